The third-order valence-corrected chi connectivity index (χ3v) is 9.99. The number of Topliss-reactive ketones (excluding diaryl/α,β-unsaturated/α-hetero) is 1. The monoisotopic (exact) mass is 892 g/mol. The van der Waals surface area contributed by atoms with Crippen molar-refractivity contribution >= 4 is 35.9 Å². The summed E-state index contributed by atoms with van der Waals surface area (Å²) in [5, 5.41) is 13.9. The molecule has 2 atom stereocenters. The van der Waals surface area contributed by atoms with Gasteiger partial charge in [-0.05, 0) is 92.5 Å². The summed E-state index contributed by atoms with van der Waals surface area (Å²) in [7, 11) is 0. The molecular formula is C52H64N2O11. The smallest absolute Gasteiger partial charge is 0.407 e. The number of hydrogen-bond donors (Lipinski definition) is 3. The van der Waals surface area contributed by atoms with Crippen LogP contribution in [0.3, 0.4) is 0 Å². The van der Waals surface area contributed by atoms with Gasteiger partial charge in [-0.15, -0.1) is 0 Å². The number of rotatable bonds is 14. The van der Waals surface area contributed by atoms with Gasteiger partial charge in [0.1, 0.15) is 42.3 Å². The van der Waals surface area contributed by atoms with E-state index in [0.717, 1.165) is 44.5 Å². The van der Waals surface area contributed by atoms with Gasteiger partial charge < -0.3 is 34.7 Å². The molecule has 0 spiro atoms. The number of alkyl carbamates (subject to hydrolysis) is 2. The molecule has 0 bridgehead atoms. The average molecular weight is 893 g/mol. The largest absolute Gasteiger partial charge is 0.481 e. The number of ether oxygens (including phenoxy) is 4. The Hall–Kier alpha value is -6.50. The third-order valence-electron chi connectivity index (χ3n) is 9.99. The number of nitrogens with one attached hydrogen (secondary N) is 2. The Bertz CT molecular complexity index is 2200. The van der Waals surface area contributed by atoms with Gasteiger partial charge in [-0.1, -0.05) is 124 Å². The number of hydrogen-bond acceptors (Lipinski definition) is 10. The lowest BCUT2D eigenvalue weighted by molar-refractivity contribution is -0.160. The zero-order valence-electron chi connectivity index (χ0n) is 39.0. The van der Waals surface area contributed by atoms with E-state index in [9.17, 15) is 28.8 Å². The summed E-state index contributed by atoms with van der Waals surface area (Å²) in [5.74, 6) is -3.03. The van der Waals surface area contributed by atoms with Crippen LogP contribution in [-0.2, 0) is 38.1 Å². The van der Waals surface area contributed by atoms with Crippen LogP contribution in [0.1, 0.15) is 129 Å². The number of esters is 2. The second-order valence-corrected chi connectivity index (χ2v) is 17.9. The van der Waals surface area contributed by atoms with Gasteiger partial charge in [0.25, 0.3) is 0 Å². The SMILES string of the molecule is CC(C)(C)OC(=O)C(CC(=O)O)NC(=O)OCC1c2ccccc2-c2ccccc21.CCC.CCCC(=O)CC(NC(=O)OCC1c2ccccc2-c2ccccc21)C(=O)OC(C)(C)C. The molecule has 0 radical (unpaired) electrons. The Kier molecular flexibility index (Phi) is 18.4. The highest BCUT2D eigenvalue weighted by atomic mass is 16.6. The van der Waals surface area contributed by atoms with Crippen LogP contribution in [0.5, 0.6) is 0 Å². The Morgan fingerprint density at radius 2 is 0.846 bits per heavy atom. The molecule has 0 aromatic heterocycles. The fraction of sp³-hybridized carbons (Fsp3) is 0.423. The molecule has 2 unspecified atom stereocenters. The van der Waals surface area contributed by atoms with Crippen LogP contribution < -0.4 is 10.6 Å². The van der Waals surface area contributed by atoms with Gasteiger partial charge in [0, 0.05) is 24.7 Å². The number of benzene rings is 4. The summed E-state index contributed by atoms with van der Waals surface area (Å²) in [6, 6.07) is 29.5. The van der Waals surface area contributed by atoms with Gasteiger partial charge in [-0.3, -0.25) is 9.59 Å². The van der Waals surface area contributed by atoms with Crippen LogP contribution in [0.2, 0.25) is 0 Å². The van der Waals surface area contributed by atoms with Gasteiger partial charge in [0.2, 0.25) is 0 Å². The number of fused-ring (bicyclic) bond motifs is 6. The van der Waals surface area contributed by atoms with Crippen molar-refractivity contribution in [2.75, 3.05) is 13.2 Å². The molecule has 0 fully saturated rings. The zero-order chi connectivity index (χ0) is 47.9. The highest BCUT2D eigenvalue weighted by Gasteiger charge is 2.34. The van der Waals surface area contributed by atoms with E-state index in [1.165, 1.54) is 6.42 Å². The Labute approximate surface area is 382 Å². The number of ketones is 1. The van der Waals surface area contributed by atoms with Crippen LogP contribution in [-0.4, -0.2) is 77.5 Å². The van der Waals surface area contributed by atoms with Crippen LogP contribution >= 0.6 is 0 Å². The molecule has 2 aliphatic rings. The molecule has 0 aliphatic heterocycles. The lowest BCUT2D eigenvalue weighted by Crippen LogP contribution is -2.45. The second kappa shape index (κ2) is 23.4. The maximum atomic E-state index is 12.6. The number of carboxylic acid groups (broad SMARTS) is 1. The van der Waals surface area contributed by atoms with E-state index in [1.807, 2.05) is 91.9 Å². The molecule has 2 aliphatic carbocycles. The van der Waals surface area contributed by atoms with Crippen LogP contribution in [0.4, 0.5) is 9.59 Å². The topological polar surface area (TPSA) is 184 Å². The average Bonchev–Trinajstić information content (AvgIpc) is 3.73. The van der Waals surface area contributed by atoms with Crippen LogP contribution in [0.25, 0.3) is 22.3 Å². The molecular weight excluding hydrogens is 829 g/mol. The van der Waals surface area contributed by atoms with Gasteiger partial charge >= 0.3 is 30.1 Å². The minimum Gasteiger partial charge on any atom is -0.481 e. The second-order valence-electron chi connectivity index (χ2n) is 17.9. The van der Waals surface area contributed by atoms with E-state index in [2.05, 4.69) is 36.6 Å². The van der Waals surface area contributed by atoms with E-state index >= 15 is 0 Å². The number of carbonyl (C=O) groups excluding carboxylic acids is 5. The van der Waals surface area contributed by atoms with E-state index in [4.69, 9.17) is 24.1 Å². The summed E-state index contributed by atoms with van der Waals surface area (Å²) >= 11 is 0. The van der Waals surface area contributed by atoms with E-state index in [-0.39, 0.29) is 37.3 Å². The summed E-state index contributed by atoms with van der Waals surface area (Å²) in [5.41, 5.74) is 7.23. The number of carboxylic acids is 1. The lowest BCUT2D eigenvalue weighted by Gasteiger charge is -2.24. The Morgan fingerprint density at radius 1 is 0.538 bits per heavy atom. The van der Waals surface area contributed by atoms with E-state index < -0.39 is 59.8 Å². The fourth-order valence-electron chi connectivity index (χ4n) is 7.48. The summed E-state index contributed by atoms with van der Waals surface area (Å²) < 4.78 is 21.5. The number of carbonyl (C=O) groups is 6. The first-order valence-electron chi connectivity index (χ1n) is 22.2. The van der Waals surface area contributed by atoms with Gasteiger partial charge in [0.15, 0.2) is 0 Å². The van der Waals surface area contributed by atoms with E-state index in [0.29, 0.717) is 12.8 Å². The van der Waals surface area contributed by atoms with Crippen molar-refractivity contribution in [2.24, 2.45) is 0 Å². The Balaban J connectivity index is 0.000000269. The van der Waals surface area contributed by atoms with Crippen molar-refractivity contribution in [3.63, 3.8) is 0 Å². The minimum atomic E-state index is -1.34. The maximum absolute atomic E-state index is 12.6. The summed E-state index contributed by atoms with van der Waals surface area (Å²) in [4.78, 5) is 73.0. The number of aliphatic carboxylic acids is 1. The standard InChI is InChI=1S/C26H31NO5.C23H25NO6.C3H8/c1-5-10-17(28)15-23(24(29)32-26(2,3)4)27-25(30)31-16-22-20-13-8-6-11-18(20)19-12-7-9-14-21(19)22;1-23(2,3)30-21(27)19(12-20(25)26)24-22(28)29-13-18-16-10-6-4-8-14(16)15-9-5-7-11-17(15)18;1-3-2/h6-9,11-14,22-23H,5,10,15-16H2,1-4H3,(H,27,30);4-11,18-19H,12-13H2,1-3H3,(H,24,28)(H,25,26);3H2,1-2H3. The molecule has 13 nitrogen and oxygen atoms in total. The lowest BCUT2D eigenvalue weighted by atomic mass is 9.98. The molecule has 4 aromatic carbocycles. The van der Waals surface area contributed by atoms with Crippen molar-refractivity contribution < 1.29 is 52.8 Å². The predicted molar refractivity (Wildman–Crippen MR) is 248 cm³/mol. The van der Waals surface area contributed by atoms with Crippen molar-refractivity contribution in [2.45, 2.75) is 130 Å². The first kappa shape index (κ1) is 51.1. The van der Waals surface area contributed by atoms with Crippen LogP contribution in [0, 0.1) is 0 Å². The fourth-order valence-corrected chi connectivity index (χ4v) is 7.48. The van der Waals surface area contributed by atoms with E-state index in [1.54, 1.807) is 41.5 Å². The Morgan fingerprint density at radius 3 is 1.14 bits per heavy atom. The maximum Gasteiger partial charge on any atom is 0.407 e. The summed E-state index contributed by atoms with van der Waals surface area (Å²) in [6.07, 6.45) is -0.0660. The van der Waals surface area contributed by atoms with Crippen molar-refractivity contribution in [3.8, 4) is 22.3 Å². The van der Waals surface area contributed by atoms with Gasteiger partial charge in [-0.2, -0.15) is 0 Å². The highest BCUT2D eigenvalue weighted by Crippen LogP contribution is 2.45. The first-order chi connectivity index (χ1) is 30.8. The summed E-state index contributed by atoms with van der Waals surface area (Å²) in [6.45, 7) is 16.5. The third kappa shape index (κ3) is 15.0. The molecule has 0 saturated heterocycles. The molecule has 2 amide bonds. The number of amides is 2. The first-order valence-corrected chi connectivity index (χ1v) is 22.2. The molecule has 6 rings (SSSR count). The molecule has 0 saturated carbocycles. The van der Waals surface area contributed by atoms with Gasteiger partial charge in [-0.25, -0.2) is 19.2 Å². The van der Waals surface area contributed by atoms with Crippen molar-refractivity contribution in [1.29, 1.82) is 0 Å². The highest BCUT2D eigenvalue weighted by molar-refractivity contribution is 5.89. The molecule has 0 heterocycles. The van der Waals surface area contributed by atoms with Crippen molar-refractivity contribution in [1.82, 2.24) is 10.6 Å². The quantitative estimate of drug-likeness (QED) is 0.0809. The molecule has 13 heteroatoms. The van der Waals surface area contributed by atoms with Crippen LogP contribution in [0.15, 0.2) is 97.1 Å². The molecule has 4 aromatic rings. The molecule has 3 N–H and O–H groups in total. The molecule has 348 valence electrons. The van der Waals surface area contributed by atoms with Gasteiger partial charge in [0.05, 0.1) is 6.42 Å². The zero-order valence-corrected chi connectivity index (χ0v) is 39.0. The normalized spacial score (nSPS) is 13.3. The van der Waals surface area contributed by atoms with Crippen molar-refractivity contribution in [3.05, 3.63) is 119 Å². The minimum absolute atomic E-state index is 0.0635. The molecule has 65 heavy (non-hydrogen) atoms. The predicted octanol–water partition coefficient (Wildman–Crippen LogP) is 10.1.